The smallest absolute Gasteiger partial charge is 0.0630 e. The Hall–Kier alpha value is 0.130. The van der Waals surface area contributed by atoms with Crippen LogP contribution < -0.4 is 5.32 Å². The molecule has 2 unspecified atom stereocenters. The van der Waals surface area contributed by atoms with E-state index in [4.69, 9.17) is 9.47 Å². The summed E-state index contributed by atoms with van der Waals surface area (Å²) in [7, 11) is 5.62. The van der Waals surface area contributed by atoms with Gasteiger partial charge in [0.15, 0.2) is 0 Å². The van der Waals surface area contributed by atoms with Crippen molar-refractivity contribution in [3.8, 4) is 0 Å². The molecule has 2 atom stereocenters. The molecule has 1 fully saturated rings. The van der Waals surface area contributed by atoms with Gasteiger partial charge in [0, 0.05) is 39.4 Å². The molecule has 1 aliphatic rings. The Bertz CT molecular complexity index is 131. The molecule has 1 N–H and O–H groups in total. The van der Waals surface area contributed by atoms with Crippen molar-refractivity contribution in [2.75, 3.05) is 47.6 Å². The van der Waals surface area contributed by atoms with Gasteiger partial charge in [0.2, 0.25) is 0 Å². The zero-order valence-electron chi connectivity index (χ0n) is 9.16. The minimum atomic E-state index is 0. The Balaban J connectivity index is 0.00000169. The lowest BCUT2D eigenvalue weighted by Gasteiger charge is -2.39. The Morgan fingerprint density at radius 1 is 1.14 bits per heavy atom. The first-order valence-electron chi connectivity index (χ1n) is 4.70. The lowest BCUT2D eigenvalue weighted by molar-refractivity contribution is 0.0239. The quantitative estimate of drug-likeness (QED) is 0.728. The van der Waals surface area contributed by atoms with E-state index in [1.54, 1.807) is 14.2 Å². The number of nitrogens with zero attached hydrogens (tertiary/aromatic N) is 1. The molecule has 0 amide bonds. The van der Waals surface area contributed by atoms with Crippen LogP contribution in [-0.2, 0) is 9.47 Å². The molecular weight excluding hydrogens is 204 g/mol. The van der Waals surface area contributed by atoms with E-state index in [1.807, 2.05) is 0 Å². The molecule has 86 valence electrons. The van der Waals surface area contributed by atoms with Gasteiger partial charge in [-0.1, -0.05) is 0 Å². The van der Waals surface area contributed by atoms with Crippen LogP contribution in [-0.4, -0.2) is 64.6 Å². The van der Waals surface area contributed by atoms with E-state index in [0.29, 0.717) is 12.1 Å². The van der Waals surface area contributed by atoms with Gasteiger partial charge in [-0.15, -0.1) is 12.4 Å². The minimum Gasteiger partial charge on any atom is -0.383 e. The first-order valence-corrected chi connectivity index (χ1v) is 4.70. The van der Waals surface area contributed by atoms with Gasteiger partial charge >= 0.3 is 0 Å². The van der Waals surface area contributed by atoms with Crippen molar-refractivity contribution in [2.45, 2.75) is 12.1 Å². The van der Waals surface area contributed by atoms with Crippen molar-refractivity contribution >= 4 is 12.4 Å². The van der Waals surface area contributed by atoms with Gasteiger partial charge in [0.1, 0.15) is 0 Å². The number of hydrogen-bond acceptors (Lipinski definition) is 4. The monoisotopic (exact) mass is 224 g/mol. The summed E-state index contributed by atoms with van der Waals surface area (Å²) in [6.07, 6.45) is 0. The van der Waals surface area contributed by atoms with Crippen molar-refractivity contribution in [3.63, 3.8) is 0 Å². The second-order valence-electron chi connectivity index (χ2n) is 3.54. The topological polar surface area (TPSA) is 33.7 Å². The molecule has 4 nitrogen and oxygen atoms in total. The number of ether oxygens (including phenoxy) is 2. The standard InChI is InChI=1S/C9H20N2O2.ClH/c1-11-8(6-12-2)4-10-5-9(11)7-13-3;/h8-10H,4-7H2,1-3H3;1H. The van der Waals surface area contributed by atoms with Crippen LogP contribution in [0.3, 0.4) is 0 Å². The molecule has 1 saturated heterocycles. The summed E-state index contributed by atoms with van der Waals surface area (Å²) in [4.78, 5) is 2.34. The van der Waals surface area contributed by atoms with Crippen LogP contribution >= 0.6 is 12.4 Å². The molecule has 0 aromatic rings. The van der Waals surface area contributed by atoms with Gasteiger partial charge in [-0.25, -0.2) is 0 Å². The van der Waals surface area contributed by atoms with E-state index >= 15 is 0 Å². The summed E-state index contributed by atoms with van der Waals surface area (Å²) >= 11 is 0. The molecule has 14 heavy (non-hydrogen) atoms. The second-order valence-corrected chi connectivity index (χ2v) is 3.54. The van der Waals surface area contributed by atoms with Gasteiger partial charge in [0.05, 0.1) is 13.2 Å². The Kier molecular flexibility index (Phi) is 7.49. The maximum atomic E-state index is 5.16. The fraction of sp³-hybridized carbons (Fsp3) is 1.00. The second kappa shape index (κ2) is 7.43. The highest BCUT2D eigenvalue weighted by molar-refractivity contribution is 5.85. The summed E-state index contributed by atoms with van der Waals surface area (Å²) in [5, 5.41) is 3.38. The van der Waals surface area contributed by atoms with Gasteiger partial charge in [-0.2, -0.15) is 0 Å². The summed E-state index contributed by atoms with van der Waals surface area (Å²) < 4.78 is 10.3. The molecule has 0 saturated carbocycles. The van der Waals surface area contributed by atoms with E-state index in [-0.39, 0.29) is 12.4 Å². The zero-order chi connectivity index (χ0) is 9.68. The summed E-state index contributed by atoms with van der Waals surface area (Å²) in [6.45, 7) is 3.57. The van der Waals surface area contributed by atoms with Crippen molar-refractivity contribution in [3.05, 3.63) is 0 Å². The van der Waals surface area contributed by atoms with E-state index in [0.717, 1.165) is 26.3 Å². The predicted molar refractivity (Wildman–Crippen MR) is 59.2 cm³/mol. The van der Waals surface area contributed by atoms with E-state index in [1.165, 1.54) is 0 Å². The number of nitrogens with one attached hydrogen (secondary N) is 1. The third kappa shape index (κ3) is 3.71. The SMILES string of the molecule is COCC1CNCC(COC)N1C.Cl. The Labute approximate surface area is 92.3 Å². The molecule has 5 heteroatoms. The number of methoxy groups -OCH3 is 2. The van der Waals surface area contributed by atoms with Crippen LogP contribution in [0.15, 0.2) is 0 Å². The Morgan fingerprint density at radius 2 is 1.57 bits per heavy atom. The number of halogens is 1. The van der Waals surface area contributed by atoms with Crippen LogP contribution in [0.2, 0.25) is 0 Å². The molecular formula is C9H21ClN2O2. The van der Waals surface area contributed by atoms with Crippen molar-refractivity contribution in [1.29, 1.82) is 0 Å². The van der Waals surface area contributed by atoms with Crippen molar-refractivity contribution < 1.29 is 9.47 Å². The number of hydrogen-bond donors (Lipinski definition) is 1. The third-order valence-electron chi connectivity index (χ3n) is 2.63. The normalized spacial score (nSPS) is 28.5. The molecule has 0 aromatic heterocycles. The van der Waals surface area contributed by atoms with Gasteiger partial charge < -0.3 is 14.8 Å². The number of likely N-dealkylation sites (N-methyl/N-ethyl adjacent to an activating group) is 1. The van der Waals surface area contributed by atoms with Gasteiger partial charge in [0.25, 0.3) is 0 Å². The summed E-state index contributed by atoms with van der Waals surface area (Å²) in [5.74, 6) is 0. The summed E-state index contributed by atoms with van der Waals surface area (Å²) in [6, 6.07) is 0.942. The van der Waals surface area contributed by atoms with E-state index < -0.39 is 0 Å². The highest BCUT2D eigenvalue weighted by Crippen LogP contribution is 2.07. The maximum absolute atomic E-state index is 5.16. The van der Waals surface area contributed by atoms with Gasteiger partial charge in [-0.05, 0) is 7.05 Å². The zero-order valence-corrected chi connectivity index (χ0v) is 9.97. The first kappa shape index (κ1) is 14.1. The van der Waals surface area contributed by atoms with Crippen LogP contribution in [0.4, 0.5) is 0 Å². The van der Waals surface area contributed by atoms with E-state index in [2.05, 4.69) is 17.3 Å². The number of rotatable bonds is 4. The number of piperazine rings is 1. The first-order chi connectivity index (χ1) is 6.29. The average Bonchev–Trinajstić information content (AvgIpc) is 2.13. The fourth-order valence-electron chi connectivity index (χ4n) is 1.74. The predicted octanol–water partition coefficient (Wildman–Crippen LogP) is -0.0268. The molecule has 1 rings (SSSR count). The van der Waals surface area contributed by atoms with Crippen LogP contribution in [0.25, 0.3) is 0 Å². The van der Waals surface area contributed by atoms with Crippen LogP contribution in [0.5, 0.6) is 0 Å². The maximum Gasteiger partial charge on any atom is 0.0630 e. The lowest BCUT2D eigenvalue weighted by atomic mass is 10.1. The van der Waals surface area contributed by atoms with Crippen LogP contribution in [0, 0.1) is 0 Å². The highest BCUT2D eigenvalue weighted by atomic mass is 35.5. The molecule has 0 aliphatic carbocycles. The fourth-order valence-corrected chi connectivity index (χ4v) is 1.74. The molecule has 0 radical (unpaired) electrons. The molecule has 0 bridgehead atoms. The third-order valence-corrected chi connectivity index (χ3v) is 2.63. The molecule has 0 spiro atoms. The molecule has 1 heterocycles. The van der Waals surface area contributed by atoms with Crippen molar-refractivity contribution in [1.82, 2.24) is 10.2 Å². The summed E-state index contributed by atoms with van der Waals surface area (Å²) in [5.41, 5.74) is 0. The van der Waals surface area contributed by atoms with Crippen LogP contribution in [0.1, 0.15) is 0 Å². The molecule has 0 aromatic carbocycles. The largest absolute Gasteiger partial charge is 0.383 e. The molecule has 1 aliphatic heterocycles. The van der Waals surface area contributed by atoms with Crippen molar-refractivity contribution in [2.24, 2.45) is 0 Å². The minimum absolute atomic E-state index is 0. The van der Waals surface area contributed by atoms with E-state index in [9.17, 15) is 0 Å². The highest BCUT2D eigenvalue weighted by Gasteiger charge is 2.26. The lowest BCUT2D eigenvalue weighted by Crippen LogP contribution is -2.58. The average molecular weight is 225 g/mol. The van der Waals surface area contributed by atoms with Gasteiger partial charge in [-0.3, -0.25) is 4.90 Å². The Morgan fingerprint density at radius 3 is 1.93 bits per heavy atom.